The number of rotatable bonds is 10. The van der Waals surface area contributed by atoms with Crippen molar-refractivity contribution in [1.29, 1.82) is 5.26 Å². The second-order valence-corrected chi connectivity index (χ2v) is 4.75. The fourth-order valence-electron chi connectivity index (χ4n) is 0.848. The van der Waals surface area contributed by atoms with Crippen molar-refractivity contribution in [3.8, 4) is 6.07 Å². The Morgan fingerprint density at radius 3 is 2.50 bits per heavy atom. The first-order valence-corrected chi connectivity index (χ1v) is 6.56. The molecule has 0 fully saturated rings. The van der Waals surface area contributed by atoms with Gasteiger partial charge in [-0.05, 0) is 20.3 Å². The molecule has 1 atom stereocenters. The number of ether oxygens (including phenoxy) is 1. The van der Waals surface area contributed by atoms with E-state index in [1.807, 2.05) is 19.9 Å². The molecule has 0 rings (SSSR count). The smallest absolute Gasteiger partial charge is 0.256 e. The van der Waals surface area contributed by atoms with Crippen LogP contribution in [0.5, 0.6) is 0 Å². The van der Waals surface area contributed by atoms with Gasteiger partial charge in [0.1, 0.15) is 0 Å². The summed E-state index contributed by atoms with van der Waals surface area (Å²) in [6.45, 7) is 5.75. The Bertz CT molecular complexity index is 197. The van der Waals surface area contributed by atoms with Crippen LogP contribution >= 0.6 is 8.53 Å². The Morgan fingerprint density at radius 2 is 1.94 bits per heavy atom. The molecule has 0 saturated heterocycles. The third kappa shape index (κ3) is 10.3. The van der Waals surface area contributed by atoms with Crippen molar-refractivity contribution in [1.82, 2.24) is 5.09 Å². The van der Waals surface area contributed by atoms with E-state index in [-0.39, 0.29) is 0 Å². The molecule has 94 valence electrons. The maximum Gasteiger partial charge on any atom is 0.256 e. The van der Waals surface area contributed by atoms with Crippen LogP contribution in [0.15, 0.2) is 0 Å². The molecule has 0 aliphatic carbocycles. The van der Waals surface area contributed by atoms with Gasteiger partial charge in [0.25, 0.3) is 8.53 Å². The Hall–Kier alpha value is -0.240. The Kier molecular flexibility index (Phi) is 11.1. The largest absolute Gasteiger partial charge is 0.385 e. The quantitative estimate of drug-likeness (QED) is 0.474. The SMILES string of the molecule is COCCCOP(NC(C)C)OCCC#N. The van der Waals surface area contributed by atoms with E-state index in [4.69, 9.17) is 19.0 Å². The van der Waals surface area contributed by atoms with Gasteiger partial charge in [-0.25, -0.2) is 5.09 Å². The molecule has 0 aromatic carbocycles. The maximum atomic E-state index is 8.41. The molecule has 6 heteroatoms. The molecule has 0 amide bonds. The molecule has 16 heavy (non-hydrogen) atoms. The van der Waals surface area contributed by atoms with Crippen LogP contribution in [0.2, 0.25) is 0 Å². The molecule has 0 spiro atoms. The summed E-state index contributed by atoms with van der Waals surface area (Å²) >= 11 is 0. The van der Waals surface area contributed by atoms with E-state index < -0.39 is 8.53 Å². The maximum absolute atomic E-state index is 8.41. The van der Waals surface area contributed by atoms with Gasteiger partial charge in [0.05, 0.1) is 25.7 Å². The topological polar surface area (TPSA) is 63.5 Å². The molecule has 0 aliphatic rings. The first-order chi connectivity index (χ1) is 7.70. The van der Waals surface area contributed by atoms with Crippen molar-refractivity contribution >= 4 is 8.53 Å². The number of methoxy groups -OCH3 is 1. The lowest BCUT2D eigenvalue weighted by atomic mass is 10.4. The van der Waals surface area contributed by atoms with Crippen molar-refractivity contribution in [2.24, 2.45) is 0 Å². The highest BCUT2D eigenvalue weighted by atomic mass is 31.2. The number of nitrogens with one attached hydrogen (secondary N) is 1. The highest BCUT2D eigenvalue weighted by molar-refractivity contribution is 7.44. The van der Waals surface area contributed by atoms with Crippen molar-refractivity contribution < 1.29 is 13.8 Å². The van der Waals surface area contributed by atoms with E-state index in [0.29, 0.717) is 32.3 Å². The van der Waals surface area contributed by atoms with E-state index >= 15 is 0 Å². The summed E-state index contributed by atoms with van der Waals surface area (Å²) in [5.74, 6) is 0. The average Bonchev–Trinajstić information content (AvgIpc) is 2.23. The molecule has 0 aliphatic heterocycles. The first kappa shape index (κ1) is 15.8. The van der Waals surface area contributed by atoms with Crippen LogP contribution in [0.1, 0.15) is 26.7 Å². The lowest BCUT2D eigenvalue weighted by Crippen LogP contribution is -2.20. The van der Waals surface area contributed by atoms with E-state index in [0.717, 1.165) is 6.42 Å². The zero-order valence-corrected chi connectivity index (χ0v) is 11.1. The Morgan fingerprint density at radius 1 is 1.25 bits per heavy atom. The van der Waals surface area contributed by atoms with Gasteiger partial charge in [-0.2, -0.15) is 5.26 Å². The standard InChI is InChI=1S/C10H21N2O3P/c1-10(2)12-16(14-8-4-6-11)15-9-5-7-13-3/h10,12H,4-5,7-9H2,1-3H3. The van der Waals surface area contributed by atoms with Gasteiger partial charge in [-0.3, -0.25) is 0 Å². The third-order valence-electron chi connectivity index (χ3n) is 1.49. The molecular formula is C10H21N2O3P. The van der Waals surface area contributed by atoms with Crippen LogP contribution in [0.4, 0.5) is 0 Å². The molecule has 1 unspecified atom stereocenters. The van der Waals surface area contributed by atoms with Crippen LogP contribution < -0.4 is 5.09 Å². The van der Waals surface area contributed by atoms with Gasteiger partial charge in [-0.1, -0.05) is 0 Å². The van der Waals surface area contributed by atoms with Gasteiger partial charge in [-0.15, -0.1) is 0 Å². The fourth-order valence-corrected chi connectivity index (χ4v) is 2.04. The lowest BCUT2D eigenvalue weighted by molar-refractivity contribution is 0.166. The predicted molar refractivity (Wildman–Crippen MR) is 63.8 cm³/mol. The van der Waals surface area contributed by atoms with Gasteiger partial charge in [0.2, 0.25) is 0 Å². The zero-order valence-electron chi connectivity index (χ0n) is 10.2. The minimum Gasteiger partial charge on any atom is -0.385 e. The third-order valence-corrected chi connectivity index (χ3v) is 3.05. The number of nitrogens with zero attached hydrogens (tertiary/aromatic N) is 1. The molecule has 5 nitrogen and oxygen atoms in total. The molecule has 0 saturated carbocycles. The highest BCUT2D eigenvalue weighted by Crippen LogP contribution is 2.34. The van der Waals surface area contributed by atoms with Crippen LogP contribution in [0, 0.1) is 11.3 Å². The fraction of sp³-hybridized carbons (Fsp3) is 0.900. The second-order valence-electron chi connectivity index (χ2n) is 3.46. The number of nitriles is 1. The van der Waals surface area contributed by atoms with E-state index in [9.17, 15) is 0 Å². The van der Waals surface area contributed by atoms with Gasteiger partial charge >= 0.3 is 0 Å². The Labute approximate surface area is 99.0 Å². The minimum absolute atomic E-state index is 0.302. The summed E-state index contributed by atoms with van der Waals surface area (Å²) in [7, 11) is 0.580. The van der Waals surface area contributed by atoms with E-state index in [1.54, 1.807) is 7.11 Å². The minimum atomic E-state index is -1.08. The predicted octanol–water partition coefficient (Wildman–Crippen LogP) is 2.19. The molecule has 0 aromatic rings. The highest BCUT2D eigenvalue weighted by Gasteiger charge is 2.11. The van der Waals surface area contributed by atoms with Crippen LogP contribution in [-0.4, -0.2) is 33.0 Å². The van der Waals surface area contributed by atoms with Gasteiger partial charge in [0.15, 0.2) is 0 Å². The van der Waals surface area contributed by atoms with Crippen LogP contribution in [-0.2, 0) is 13.8 Å². The average molecular weight is 248 g/mol. The summed E-state index contributed by atoms with van der Waals surface area (Å²) in [6, 6.07) is 2.34. The summed E-state index contributed by atoms with van der Waals surface area (Å²) in [4.78, 5) is 0. The van der Waals surface area contributed by atoms with E-state index in [1.165, 1.54) is 0 Å². The molecule has 0 radical (unpaired) electrons. The summed E-state index contributed by atoms with van der Waals surface area (Å²) in [5, 5.41) is 11.6. The van der Waals surface area contributed by atoms with Crippen molar-refractivity contribution in [2.45, 2.75) is 32.7 Å². The van der Waals surface area contributed by atoms with Crippen LogP contribution in [0.3, 0.4) is 0 Å². The molecule has 0 aromatic heterocycles. The van der Waals surface area contributed by atoms with Crippen molar-refractivity contribution in [3.63, 3.8) is 0 Å². The lowest BCUT2D eigenvalue weighted by Gasteiger charge is -2.19. The first-order valence-electron chi connectivity index (χ1n) is 5.38. The molecule has 1 N–H and O–H groups in total. The summed E-state index contributed by atoms with van der Waals surface area (Å²) in [5.41, 5.74) is 0. The van der Waals surface area contributed by atoms with Crippen LogP contribution in [0.25, 0.3) is 0 Å². The Balaban J connectivity index is 3.68. The number of hydrogen-bond acceptors (Lipinski definition) is 5. The molecule has 0 bridgehead atoms. The molecule has 0 heterocycles. The van der Waals surface area contributed by atoms with E-state index in [2.05, 4.69) is 5.09 Å². The number of hydrogen-bond donors (Lipinski definition) is 1. The molecular weight excluding hydrogens is 227 g/mol. The van der Waals surface area contributed by atoms with Gasteiger partial charge in [0, 0.05) is 19.8 Å². The summed E-state index contributed by atoms with van der Waals surface area (Å²) in [6.07, 6.45) is 1.23. The van der Waals surface area contributed by atoms with Gasteiger partial charge < -0.3 is 13.8 Å². The van der Waals surface area contributed by atoms with Crippen molar-refractivity contribution in [3.05, 3.63) is 0 Å². The summed E-state index contributed by atoms with van der Waals surface area (Å²) < 4.78 is 15.9. The van der Waals surface area contributed by atoms with Crippen molar-refractivity contribution in [2.75, 3.05) is 26.9 Å². The zero-order chi connectivity index (χ0) is 12.2. The second kappa shape index (κ2) is 11.3. The normalized spacial score (nSPS) is 12.7. The monoisotopic (exact) mass is 248 g/mol.